The number of benzene rings is 2. The second-order valence-corrected chi connectivity index (χ2v) is 4.91. The fraction of sp³-hybridized carbons (Fsp3) is 0.294. The highest BCUT2D eigenvalue weighted by atomic mass is 16.3. The van der Waals surface area contributed by atoms with Crippen molar-refractivity contribution < 1.29 is 5.11 Å². The monoisotopic (exact) mass is 255 g/mol. The van der Waals surface area contributed by atoms with Crippen molar-refractivity contribution in [3.8, 4) is 0 Å². The molecule has 2 aromatic rings. The van der Waals surface area contributed by atoms with E-state index in [1.165, 1.54) is 11.3 Å². The van der Waals surface area contributed by atoms with Crippen LogP contribution in [0.5, 0.6) is 0 Å². The minimum Gasteiger partial charge on any atom is -0.388 e. The van der Waals surface area contributed by atoms with Gasteiger partial charge in [0.1, 0.15) is 0 Å². The minimum absolute atomic E-state index is 0.363. The number of aryl methyl sites for hydroxylation is 1. The highest BCUT2D eigenvalue weighted by Gasteiger charge is 2.07. The number of aliphatic hydroxyl groups is 1. The van der Waals surface area contributed by atoms with Gasteiger partial charge in [-0.2, -0.15) is 0 Å². The molecular formula is C17H21NO. The predicted molar refractivity (Wildman–Crippen MR) is 80.9 cm³/mol. The predicted octanol–water partition coefficient (Wildman–Crippen LogP) is 4.21. The summed E-state index contributed by atoms with van der Waals surface area (Å²) < 4.78 is 0. The standard InChI is InChI=1S/C17H21NO/c1-4-17(19)14-8-10-15(11-9-14)18(3)16-7-5-6-13(2)12-16/h5-12,17,19H,4H2,1-3H3/t17-/m1/s1. The zero-order valence-electron chi connectivity index (χ0n) is 11.8. The average molecular weight is 255 g/mol. The summed E-state index contributed by atoms with van der Waals surface area (Å²) >= 11 is 0. The molecule has 0 amide bonds. The van der Waals surface area contributed by atoms with Gasteiger partial charge in [0, 0.05) is 18.4 Å². The van der Waals surface area contributed by atoms with Crippen LogP contribution in [0.4, 0.5) is 11.4 Å². The lowest BCUT2D eigenvalue weighted by Crippen LogP contribution is -2.09. The van der Waals surface area contributed by atoms with E-state index in [2.05, 4.69) is 55.3 Å². The van der Waals surface area contributed by atoms with Crippen LogP contribution in [0.15, 0.2) is 48.5 Å². The van der Waals surface area contributed by atoms with Crippen molar-refractivity contribution in [3.63, 3.8) is 0 Å². The summed E-state index contributed by atoms with van der Waals surface area (Å²) in [4.78, 5) is 2.15. The summed E-state index contributed by atoms with van der Waals surface area (Å²) in [6.07, 6.45) is 0.380. The van der Waals surface area contributed by atoms with E-state index >= 15 is 0 Å². The molecule has 0 saturated carbocycles. The summed E-state index contributed by atoms with van der Waals surface area (Å²) in [6, 6.07) is 16.5. The van der Waals surface area contributed by atoms with E-state index in [0.717, 1.165) is 17.7 Å². The maximum absolute atomic E-state index is 9.80. The van der Waals surface area contributed by atoms with E-state index in [1.54, 1.807) is 0 Å². The molecule has 0 heterocycles. The molecule has 100 valence electrons. The van der Waals surface area contributed by atoms with Crippen molar-refractivity contribution in [3.05, 3.63) is 59.7 Å². The highest BCUT2D eigenvalue weighted by molar-refractivity contribution is 5.63. The Hall–Kier alpha value is -1.80. The van der Waals surface area contributed by atoms with Crippen LogP contribution >= 0.6 is 0 Å². The lowest BCUT2D eigenvalue weighted by molar-refractivity contribution is 0.173. The Kier molecular flexibility index (Phi) is 4.23. The van der Waals surface area contributed by atoms with Gasteiger partial charge in [-0.3, -0.25) is 0 Å². The van der Waals surface area contributed by atoms with E-state index in [-0.39, 0.29) is 6.10 Å². The fourth-order valence-corrected chi connectivity index (χ4v) is 2.14. The van der Waals surface area contributed by atoms with Crippen LogP contribution in [0.2, 0.25) is 0 Å². The Morgan fingerprint density at radius 1 is 1.05 bits per heavy atom. The molecule has 0 aliphatic heterocycles. The Labute approximate surface area is 115 Å². The van der Waals surface area contributed by atoms with Crippen LogP contribution in [0, 0.1) is 6.92 Å². The van der Waals surface area contributed by atoms with Gasteiger partial charge in [0.05, 0.1) is 6.10 Å². The second kappa shape index (κ2) is 5.89. The topological polar surface area (TPSA) is 23.5 Å². The molecule has 2 heteroatoms. The fourth-order valence-electron chi connectivity index (χ4n) is 2.14. The number of anilines is 2. The van der Waals surface area contributed by atoms with Crippen molar-refractivity contribution in [1.82, 2.24) is 0 Å². The van der Waals surface area contributed by atoms with E-state index in [9.17, 15) is 5.11 Å². The van der Waals surface area contributed by atoms with Crippen LogP contribution in [-0.2, 0) is 0 Å². The summed E-state index contributed by atoms with van der Waals surface area (Å²) in [6.45, 7) is 4.08. The maximum atomic E-state index is 9.80. The first kappa shape index (κ1) is 13.6. The van der Waals surface area contributed by atoms with Crippen molar-refractivity contribution in [1.29, 1.82) is 0 Å². The van der Waals surface area contributed by atoms with Crippen LogP contribution in [0.3, 0.4) is 0 Å². The Morgan fingerprint density at radius 3 is 2.32 bits per heavy atom. The number of rotatable bonds is 4. The van der Waals surface area contributed by atoms with E-state index in [4.69, 9.17) is 0 Å². The number of nitrogens with zero attached hydrogens (tertiary/aromatic N) is 1. The van der Waals surface area contributed by atoms with E-state index in [0.29, 0.717) is 0 Å². The molecule has 2 nitrogen and oxygen atoms in total. The Bertz CT molecular complexity index is 533. The molecule has 0 spiro atoms. The molecule has 0 aromatic heterocycles. The first-order valence-electron chi connectivity index (χ1n) is 6.70. The summed E-state index contributed by atoms with van der Waals surface area (Å²) in [7, 11) is 2.06. The normalized spacial score (nSPS) is 12.2. The van der Waals surface area contributed by atoms with Gasteiger partial charge in [-0.15, -0.1) is 0 Å². The molecular weight excluding hydrogens is 234 g/mol. The third-order valence-corrected chi connectivity index (χ3v) is 3.44. The molecule has 2 aromatic carbocycles. The van der Waals surface area contributed by atoms with Crippen molar-refractivity contribution >= 4 is 11.4 Å². The van der Waals surface area contributed by atoms with Gasteiger partial charge >= 0.3 is 0 Å². The van der Waals surface area contributed by atoms with E-state index < -0.39 is 0 Å². The quantitative estimate of drug-likeness (QED) is 0.884. The SMILES string of the molecule is CC[C@@H](O)c1ccc(N(C)c2cccc(C)c2)cc1. The van der Waals surface area contributed by atoms with Gasteiger partial charge in [-0.25, -0.2) is 0 Å². The summed E-state index contributed by atoms with van der Waals surface area (Å²) in [5.41, 5.74) is 4.52. The highest BCUT2D eigenvalue weighted by Crippen LogP contribution is 2.26. The minimum atomic E-state index is -0.363. The van der Waals surface area contributed by atoms with Gasteiger partial charge in [-0.05, 0) is 48.7 Å². The first-order valence-corrected chi connectivity index (χ1v) is 6.70. The van der Waals surface area contributed by atoms with Gasteiger partial charge in [-0.1, -0.05) is 31.2 Å². The summed E-state index contributed by atoms with van der Waals surface area (Å²) in [5.74, 6) is 0. The van der Waals surface area contributed by atoms with Crippen molar-refractivity contribution in [2.45, 2.75) is 26.4 Å². The zero-order chi connectivity index (χ0) is 13.8. The number of hydrogen-bond donors (Lipinski definition) is 1. The lowest BCUT2D eigenvalue weighted by Gasteiger charge is -2.20. The van der Waals surface area contributed by atoms with Gasteiger partial charge in [0.2, 0.25) is 0 Å². The smallest absolute Gasteiger partial charge is 0.0787 e. The molecule has 1 N–H and O–H groups in total. The molecule has 0 fully saturated rings. The molecule has 0 unspecified atom stereocenters. The third-order valence-electron chi connectivity index (χ3n) is 3.44. The largest absolute Gasteiger partial charge is 0.388 e. The average Bonchev–Trinajstić information content (AvgIpc) is 2.46. The molecule has 0 radical (unpaired) electrons. The number of aliphatic hydroxyl groups excluding tert-OH is 1. The lowest BCUT2D eigenvalue weighted by atomic mass is 10.1. The van der Waals surface area contributed by atoms with Gasteiger partial charge < -0.3 is 10.0 Å². The van der Waals surface area contributed by atoms with Gasteiger partial charge in [0.25, 0.3) is 0 Å². The maximum Gasteiger partial charge on any atom is 0.0787 e. The molecule has 1 atom stereocenters. The van der Waals surface area contributed by atoms with Crippen molar-refractivity contribution in [2.75, 3.05) is 11.9 Å². The molecule has 0 saturated heterocycles. The third kappa shape index (κ3) is 3.15. The molecule has 2 rings (SSSR count). The van der Waals surface area contributed by atoms with E-state index in [1.807, 2.05) is 19.1 Å². The number of hydrogen-bond acceptors (Lipinski definition) is 2. The molecule has 19 heavy (non-hydrogen) atoms. The first-order chi connectivity index (χ1) is 9.11. The van der Waals surface area contributed by atoms with Crippen LogP contribution in [0.1, 0.15) is 30.6 Å². The molecule has 0 aliphatic rings. The second-order valence-electron chi connectivity index (χ2n) is 4.91. The zero-order valence-corrected chi connectivity index (χ0v) is 11.8. The van der Waals surface area contributed by atoms with Crippen LogP contribution < -0.4 is 4.90 Å². The Morgan fingerprint density at radius 2 is 1.74 bits per heavy atom. The summed E-state index contributed by atoms with van der Waals surface area (Å²) in [5, 5.41) is 9.80. The molecule has 0 aliphatic carbocycles. The Balaban J connectivity index is 2.22. The van der Waals surface area contributed by atoms with Crippen molar-refractivity contribution in [2.24, 2.45) is 0 Å². The van der Waals surface area contributed by atoms with Gasteiger partial charge in [0.15, 0.2) is 0 Å². The molecule has 0 bridgehead atoms. The van der Waals surface area contributed by atoms with Crippen LogP contribution in [0.25, 0.3) is 0 Å². The van der Waals surface area contributed by atoms with Crippen LogP contribution in [-0.4, -0.2) is 12.2 Å².